The van der Waals surface area contributed by atoms with E-state index in [4.69, 9.17) is 9.47 Å². The molecule has 0 saturated carbocycles. The molecule has 7 heteroatoms. The lowest BCUT2D eigenvalue weighted by atomic mass is 10.0. The van der Waals surface area contributed by atoms with Crippen molar-refractivity contribution in [1.82, 2.24) is 14.9 Å². The molecule has 30 heavy (non-hydrogen) atoms. The van der Waals surface area contributed by atoms with Crippen LogP contribution in [0.4, 0.5) is 0 Å². The Balaban J connectivity index is 1.87. The summed E-state index contributed by atoms with van der Waals surface area (Å²) in [6, 6.07) is 13.1. The fourth-order valence-electron chi connectivity index (χ4n) is 3.03. The molecule has 6 nitrogen and oxygen atoms in total. The molecule has 1 heterocycles. The summed E-state index contributed by atoms with van der Waals surface area (Å²) in [6.45, 7) is 0. The standard InChI is InChI=1S/C23H25N3O3S/c1-26-12-11-24-23(26)22(17-13-18(28-2)15-19(14-17)29-3)25-21(27)10-7-16-5-8-20(30-4)9-6-16/h5-15,22H,1-4H3,(H,25,27)/b10-7+. The van der Waals surface area contributed by atoms with Crippen molar-refractivity contribution in [3.8, 4) is 11.5 Å². The number of methoxy groups -OCH3 is 2. The number of benzene rings is 2. The first kappa shape index (κ1) is 21.5. The third-order valence-electron chi connectivity index (χ3n) is 4.65. The molecular weight excluding hydrogens is 398 g/mol. The molecule has 1 amide bonds. The van der Waals surface area contributed by atoms with Crippen LogP contribution in [0.5, 0.6) is 11.5 Å². The summed E-state index contributed by atoms with van der Waals surface area (Å²) in [6.07, 6.45) is 8.90. The van der Waals surface area contributed by atoms with Crippen molar-refractivity contribution in [3.63, 3.8) is 0 Å². The number of nitrogens with zero attached hydrogens (tertiary/aromatic N) is 2. The van der Waals surface area contributed by atoms with Gasteiger partial charge in [-0.3, -0.25) is 4.79 Å². The van der Waals surface area contributed by atoms with Gasteiger partial charge in [0.05, 0.1) is 14.2 Å². The molecule has 0 aliphatic heterocycles. The Bertz CT molecular complexity index is 1010. The Kier molecular flexibility index (Phi) is 7.19. The molecule has 156 valence electrons. The van der Waals surface area contributed by atoms with Crippen LogP contribution in [-0.2, 0) is 11.8 Å². The van der Waals surface area contributed by atoms with Crippen LogP contribution >= 0.6 is 11.8 Å². The number of hydrogen-bond donors (Lipinski definition) is 1. The zero-order valence-electron chi connectivity index (χ0n) is 17.5. The molecule has 3 aromatic rings. The van der Waals surface area contributed by atoms with Crippen molar-refractivity contribution < 1.29 is 14.3 Å². The van der Waals surface area contributed by atoms with Gasteiger partial charge >= 0.3 is 0 Å². The van der Waals surface area contributed by atoms with E-state index in [1.165, 1.54) is 11.0 Å². The summed E-state index contributed by atoms with van der Waals surface area (Å²) in [5, 5.41) is 3.05. The SMILES string of the molecule is COc1cc(OC)cc(C(NC(=O)/C=C/c2ccc(SC)cc2)c2nccn2C)c1. The maximum atomic E-state index is 12.7. The monoisotopic (exact) mass is 423 g/mol. The minimum absolute atomic E-state index is 0.223. The Morgan fingerprint density at radius 2 is 1.80 bits per heavy atom. The molecule has 0 radical (unpaired) electrons. The molecule has 1 atom stereocenters. The topological polar surface area (TPSA) is 65.4 Å². The zero-order chi connectivity index (χ0) is 21.5. The number of amides is 1. The molecule has 0 fully saturated rings. The Hall–Kier alpha value is -3.19. The quantitative estimate of drug-likeness (QED) is 0.437. The third-order valence-corrected chi connectivity index (χ3v) is 5.40. The van der Waals surface area contributed by atoms with Crippen LogP contribution in [0.15, 0.2) is 65.8 Å². The van der Waals surface area contributed by atoms with Gasteiger partial charge in [-0.15, -0.1) is 11.8 Å². The zero-order valence-corrected chi connectivity index (χ0v) is 18.3. The van der Waals surface area contributed by atoms with Gasteiger partial charge in [0.1, 0.15) is 23.4 Å². The highest BCUT2D eigenvalue weighted by molar-refractivity contribution is 7.98. The molecule has 1 unspecified atom stereocenters. The first-order valence-electron chi connectivity index (χ1n) is 9.37. The first-order chi connectivity index (χ1) is 14.5. The van der Waals surface area contributed by atoms with Crippen LogP contribution in [0.2, 0.25) is 0 Å². The second-order valence-electron chi connectivity index (χ2n) is 6.59. The van der Waals surface area contributed by atoms with Crippen LogP contribution < -0.4 is 14.8 Å². The summed E-state index contributed by atoms with van der Waals surface area (Å²) < 4.78 is 12.7. The smallest absolute Gasteiger partial charge is 0.244 e. The Labute approximate surface area is 180 Å². The van der Waals surface area contributed by atoms with Crippen molar-refractivity contribution in [2.24, 2.45) is 7.05 Å². The van der Waals surface area contributed by atoms with Gasteiger partial charge in [0, 0.05) is 36.5 Å². The van der Waals surface area contributed by atoms with Gasteiger partial charge in [-0.1, -0.05) is 12.1 Å². The number of carbonyl (C=O) groups is 1. The molecule has 3 rings (SSSR count). The highest BCUT2D eigenvalue weighted by atomic mass is 32.2. The van der Waals surface area contributed by atoms with Gasteiger partial charge in [0.25, 0.3) is 0 Å². The molecule has 0 spiro atoms. The third kappa shape index (κ3) is 5.24. The minimum Gasteiger partial charge on any atom is -0.497 e. The van der Waals surface area contributed by atoms with Gasteiger partial charge in [-0.2, -0.15) is 0 Å². The summed E-state index contributed by atoms with van der Waals surface area (Å²) in [5.74, 6) is 1.76. The average molecular weight is 424 g/mol. The van der Waals surface area contributed by atoms with Gasteiger partial charge in [0.2, 0.25) is 5.91 Å². The number of nitrogens with one attached hydrogen (secondary N) is 1. The Morgan fingerprint density at radius 1 is 1.13 bits per heavy atom. The van der Waals surface area contributed by atoms with E-state index >= 15 is 0 Å². The predicted molar refractivity (Wildman–Crippen MR) is 120 cm³/mol. The molecule has 1 aromatic heterocycles. The summed E-state index contributed by atoms with van der Waals surface area (Å²) in [4.78, 5) is 18.4. The van der Waals surface area contributed by atoms with E-state index in [0.29, 0.717) is 17.3 Å². The molecule has 0 bridgehead atoms. The van der Waals surface area contributed by atoms with E-state index in [2.05, 4.69) is 10.3 Å². The fraction of sp³-hybridized carbons (Fsp3) is 0.217. The number of thioether (sulfide) groups is 1. The molecule has 0 aliphatic carbocycles. The summed E-state index contributed by atoms with van der Waals surface area (Å²) in [5.41, 5.74) is 1.77. The van der Waals surface area contributed by atoms with Crippen molar-refractivity contribution in [2.75, 3.05) is 20.5 Å². The largest absolute Gasteiger partial charge is 0.497 e. The van der Waals surface area contributed by atoms with E-state index in [9.17, 15) is 4.79 Å². The lowest BCUT2D eigenvalue weighted by Gasteiger charge is -2.20. The van der Waals surface area contributed by atoms with Crippen molar-refractivity contribution >= 4 is 23.7 Å². The second-order valence-corrected chi connectivity index (χ2v) is 7.47. The van der Waals surface area contributed by atoms with E-state index < -0.39 is 6.04 Å². The number of imidazole rings is 1. The van der Waals surface area contributed by atoms with Gasteiger partial charge < -0.3 is 19.4 Å². The number of aromatic nitrogens is 2. The van der Waals surface area contributed by atoms with E-state index in [-0.39, 0.29) is 5.91 Å². The number of ether oxygens (including phenoxy) is 2. The second kappa shape index (κ2) is 10.0. The predicted octanol–water partition coefficient (Wildman–Crippen LogP) is 4.08. The maximum absolute atomic E-state index is 12.7. The van der Waals surface area contributed by atoms with Crippen molar-refractivity contribution in [2.45, 2.75) is 10.9 Å². The van der Waals surface area contributed by atoms with Crippen LogP contribution in [0.25, 0.3) is 6.08 Å². The van der Waals surface area contributed by atoms with Crippen LogP contribution in [-0.4, -0.2) is 35.9 Å². The fourth-order valence-corrected chi connectivity index (χ4v) is 3.43. The van der Waals surface area contributed by atoms with E-state index in [1.807, 2.05) is 60.5 Å². The summed E-state index contributed by atoms with van der Waals surface area (Å²) >= 11 is 1.68. The molecule has 0 saturated heterocycles. The molecule has 1 N–H and O–H groups in total. The number of rotatable bonds is 8. The first-order valence-corrected chi connectivity index (χ1v) is 10.6. The maximum Gasteiger partial charge on any atom is 0.244 e. The Morgan fingerprint density at radius 3 is 2.33 bits per heavy atom. The van der Waals surface area contributed by atoms with E-state index in [0.717, 1.165) is 11.1 Å². The number of aryl methyl sites for hydroxylation is 1. The summed E-state index contributed by atoms with van der Waals surface area (Å²) in [7, 11) is 5.08. The molecular formula is C23H25N3O3S. The average Bonchev–Trinajstić information content (AvgIpc) is 3.21. The lowest BCUT2D eigenvalue weighted by Crippen LogP contribution is -2.29. The van der Waals surface area contributed by atoms with Crippen LogP contribution in [0.1, 0.15) is 23.0 Å². The molecule has 0 aliphatic rings. The van der Waals surface area contributed by atoms with Crippen LogP contribution in [0.3, 0.4) is 0 Å². The van der Waals surface area contributed by atoms with Gasteiger partial charge in [0.15, 0.2) is 0 Å². The number of hydrogen-bond acceptors (Lipinski definition) is 5. The van der Waals surface area contributed by atoms with Crippen LogP contribution in [0, 0.1) is 0 Å². The van der Waals surface area contributed by atoms with Gasteiger partial charge in [-0.25, -0.2) is 4.98 Å². The normalized spacial score (nSPS) is 12.0. The minimum atomic E-state index is -0.468. The number of carbonyl (C=O) groups excluding carboxylic acids is 1. The van der Waals surface area contributed by atoms with Gasteiger partial charge in [-0.05, 0) is 47.7 Å². The van der Waals surface area contributed by atoms with Crippen molar-refractivity contribution in [3.05, 3.63) is 77.9 Å². The molecule has 2 aromatic carbocycles. The highest BCUT2D eigenvalue weighted by Gasteiger charge is 2.21. The van der Waals surface area contributed by atoms with Crippen molar-refractivity contribution in [1.29, 1.82) is 0 Å². The lowest BCUT2D eigenvalue weighted by molar-refractivity contribution is -0.117. The highest BCUT2D eigenvalue weighted by Crippen LogP contribution is 2.29. The van der Waals surface area contributed by atoms with E-state index in [1.54, 1.807) is 44.3 Å².